The highest BCUT2D eigenvalue weighted by Crippen LogP contribution is 2.27. The van der Waals surface area contributed by atoms with Crippen molar-refractivity contribution in [1.82, 2.24) is 19.5 Å². The van der Waals surface area contributed by atoms with Gasteiger partial charge in [0.25, 0.3) is 5.56 Å². The number of anilines is 1. The second-order valence-electron chi connectivity index (χ2n) is 5.45. The molecule has 0 radical (unpaired) electrons. The zero-order valence-corrected chi connectivity index (χ0v) is 14.6. The molecule has 0 saturated heterocycles. The van der Waals surface area contributed by atoms with E-state index in [9.17, 15) is 9.59 Å². The second-order valence-corrected chi connectivity index (χ2v) is 7.30. The average molecular weight is 371 g/mol. The van der Waals surface area contributed by atoms with Gasteiger partial charge in [-0.25, -0.2) is 9.97 Å². The van der Waals surface area contributed by atoms with E-state index >= 15 is 0 Å². The predicted molar refractivity (Wildman–Crippen MR) is 96.7 cm³/mol. The Kier molecular flexibility index (Phi) is 4.33. The number of carbonyl (C=O) groups excluding carboxylic acids is 1. The van der Waals surface area contributed by atoms with Crippen LogP contribution in [0.25, 0.3) is 11.3 Å². The molecule has 0 bridgehead atoms. The van der Waals surface area contributed by atoms with Crippen LogP contribution in [0.15, 0.2) is 52.1 Å². The number of rotatable bonds is 3. The van der Waals surface area contributed by atoms with Crippen molar-refractivity contribution in [1.29, 1.82) is 0 Å². The molecule has 4 rings (SSSR count). The average Bonchev–Trinajstić information content (AvgIpc) is 3.11. The van der Waals surface area contributed by atoms with Crippen LogP contribution in [-0.2, 0) is 11.3 Å². The minimum Gasteiger partial charge on any atom is -0.302 e. The maximum atomic E-state index is 12.5. The first-order valence-corrected chi connectivity index (χ1v) is 9.42. The lowest BCUT2D eigenvalue weighted by Gasteiger charge is -2.23. The van der Waals surface area contributed by atoms with Crippen LogP contribution in [0, 0.1) is 5.92 Å². The molecule has 0 spiro atoms. The van der Waals surface area contributed by atoms with Gasteiger partial charge in [0.1, 0.15) is 0 Å². The second kappa shape index (κ2) is 6.77. The molecule has 0 saturated carbocycles. The van der Waals surface area contributed by atoms with Crippen molar-refractivity contribution in [3.8, 4) is 11.3 Å². The zero-order chi connectivity index (χ0) is 17.2. The van der Waals surface area contributed by atoms with Crippen molar-refractivity contribution in [2.45, 2.75) is 11.7 Å². The lowest BCUT2D eigenvalue weighted by Crippen LogP contribution is -2.36. The van der Waals surface area contributed by atoms with E-state index in [1.165, 1.54) is 35.4 Å². The van der Waals surface area contributed by atoms with Crippen LogP contribution < -0.4 is 10.9 Å². The molecule has 1 N–H and O–H groups in total. The summed E-state index contributed by atoms with van der Waals surface area (Å²) in [4.78, 5) is 37.1. The summed E-state index contributed by atoms with van der Waals surface area (Å²) in [6.45, 7) is 0.335. The molecule has 1 aliphatic rings. The molecule has 0 fully saturated rings. The van der Waals surface area contributed by atoms with Crippen molar-refractivity contribution >= 4 is 34.1 Å². The molecule has 0 aromatic carbocycles. The Bertz CT molecular complexity index is 970. The van der Waals surface area contributed by atoms with Gasteiger partial charge in [-0.05, 0) is 12.1 Å². The molecule has 4 heterocycles. The summed E-state index contributed by atoms with van der Waals surface area (Å²) in [6.07, 6.45) is 4.93. The molecule has 3 aromatic heterocycles. The minimum absolute atomic E-state index is 0.136. The summed E-state index contributed by atoms with van der Waals surface area (Å²) in [5, 5.41) is 5.93. The predicted octanol–water partition coefficient (Wildman–Crippen LogP) is 2.12. The first-order valence-electron chi connectivity index (χ1n) is 7.56. The van der Waals surface area contributed by atoms with Gasteiger partial charge in [0.05, 0.1) is 11.6 Å². The Hall–Kier alpha value is -2.52. The number of hydrogen-bond acceptors (Lipinski definition) is 7. The van der Waals surface area contributed by atoms with Crippen LogP contribution in [0.1, 0.15) is 0 Å². The molecule has 1 aliphatic heterocycles. The summed E-state index contributed by atoms with van der Waals surface area (Å²) in [5.41, 5.74) is 1.54. The van der Waals surface area contributed by atoms with Crippen molar-refractivity contribution in [3.63, 3.8) is 0 Å². The number of thioether (sulfide) groups is 1. The third kappa shape index (κ3) is 3.33. The summed E-state index contributed by atoms with van der Waals surface area (Å²) in [5.74, 6) is 0.148. The fourth-order valence-corrected chi connectivity index (χ4v) is 4.28. The first kappa shape index (κ1) is 16.0. The van der Waals surface area contributed by atoms with E-state index in [-0.39, 0.29) is 17.4 Å². The number of fused-ring (bicyclic) bond motifs is 1. The number of nitrogens with zero attached hydrogens (tertiary/aromatic N) is 4. The molecule has 3 aromatic rings. The van der Waals surface area contributed by atoms with E-state index < -0.39 is 0 Å². The third-order valence-corrected chi connectivity index (χ3v) is 5.69. The highest BCUT2D eigenvalue weighted by molar-refractivity contribution is 7.99. The van der Waals surface area contributed by atoms with E-state index in [4.69, 9.17) is 0 Å². The normalized spacial score (nSPS) is 16.2. The number of hydrogen-bond donors (Lipinski definition) is 1. The molecule has 0 aliphatic carbocycles. The highest BCUT2D eigenvalue weighted by Gasteiger charge is 2.27. The Labute approximate surface area is 151 Å². The summed E-state index contributed by atoms with van der Waals surface area (Å²) in [6, 6.07) is 5.17. The first-order chi connectivity index (χ1) is 12.2. The van der Waals surface area contributed by atoms with Crippen LogP contribution in [0.3, 0.4) is 0 Å². The largest absolute Gasteiger partial charge is 0.302 e. The van der Waals surface area contributed by atoms with E-state index in [2.05, 4.69) is 20.3 Å². The van der Waals surface area contributed by atoms with Crippen molar-refractivity contribution in [2.24, 2.45) is 5.92 Å². The van der Waals surface area contributed by atoms with Gasteiger partial charge in [-0.1, -0.05) is 11.8 Å². The Morgan fingerprint density at radius 2 is 2.24 bits per heavy atom. The lowest BCUT2D eigenvalue weighted by atomic mass is 10.1. The van der Waals surface area contributed by atoms with E-state index in [0.29, 0.717) is 22.6 Å². The van der Waals surface area contributed by atoms with Crippen LogP contribution in [-0.4, -0.2) is 31.2 Å². The third-order valence-electron chi connectivity index (χ3n) is 3.78. The minimum atomic E-state index is -0.301. The number of carbonyl (C=O) groups is 1. The maximum absolute atomic E-state index is 12.5. The highest BCUT2D eigenvalue weighted by atomic mass is 32.2. The van der Waals surface area contributed by atoms with Gasteiger partial charge in [-0.3, -0.25) is 19.1 Å². The van der Waals surface area contributed by atoms with E-state index in [1.807, 2.05) is 17.5 Å². The van der Waals surface area contributed by atoms with Crippen molar-refractivity contribution in [3.05, 3.63) is 52.5 Å². The van der Waals surface area contributed by atoms with E-state index in [1.54, 1.807) is 17.0 Å². The topological polar surface area (TPSA) is 89.8 Å². The SMILES string of the molecule is O=C(Nc1nc(-c2cccnc2)cs1)C1CSc2nccc(=O)n2C1. The summed E-state index contributed by atoms with van der Waals surface area (Å²) in [7, 11) is 0. The zero-order valence-electron chi connectivity index (χ0n) is 13.0. The fraction of sp³-hybridized carbons (Fsp3) is 0.188. The van der Waals surface area contributed by atoms with Crippen LogP contribution in [0.4, 0.5) is 5.13 Å². The van der Waals surface area contributed by atoms with E-state index in [0.717, 1.165) is 11.3 Å². The standard InChI is InChI=1S/C16H13N5O2S2/c22-13-3-5-18-16-21(13)7-11(8-25-16)14(23)20-15-19-12(9-24-15)10-2-1-4-17-6-10/h1-6,9,11H,7-8H2,(H,19,20,23). The number of amides is 1. The van der Waals surface area contributed by atoms with Crippen LogP contribution in [0.2, 0.25) is 0 Å². The molecule has 7 nitrogen and oxygen atoms in total. The number of aromatic nitrogens is 4. The molecule has 126 valence electrons. The smallest absolute Gasteiger partial charge is 0.254 e. The fourth-order valence-electron chi connectivity index (χ4n) is 2.49. The Morgan fingerprint density at radius 1 is 1.32 bits per heavy atom. The Balaban J connectivity index is 1.47. The van der Waals surface area contributed by atoms with Gasteiger partial charge in [0.15, 0.2) is 10.3 Å². The molecule has 1 amide bonds. The Morgan fingerprint density at radius 3 is 3.08 bits per heavy atom. The molecule has 1 unspecified atom stereocenters. The van der Waals surface area contributed by atoms with Crippen molar-refractivity contribution in [2.75, 3.05) is 11.1 Å². The lowest BCUT2D eigenvalue weighted by molar-refractivity contribution is -0.119. The molecule has 1 atom stereocenters. The van der Waals surface area contributed by atoms with Gasteiger partial charge in [-0.15, -0.1) is 11.3 Å². The molecule has 25 heavy (non-hydrogen) atoms. The van der Waals surface area contributed by atoms with Gasteiger partial charge in [-0.2, -0.15) is 0 Å². The van der Waals surface area contributed by atoms with Crippen LogP contribution >= 0.6 is 23.1 Å². The van der Waals surface area contributed by atoms with Gasteiger partial charge in [0, 0.05) is 47.9 Å². The monoisotopic (exact) mass is 371 g/mol. The summed E-state index contributed by atoms with van der Waals surface area (Å²) < 4.78 is 1.54. The number of thiazole rings is 1. The molecule has 9 heteroatoms. The molecular formula is C16H13N5O2S2. The van der Waals surface area contributed by atoms with Crippen LogP contribution in [0.5, 0.6) is 0 Å². The van der Waals surface area contributed by atoms with Gasteiger partial charge >= 0.3 is 0 Å². The molecular weight excluding hydrogens is 358 g/mol. The van der Waals surface area contributed by atoms with Crippen molar-refractivity contribution < 1.29 is 4.79 Å². The van der Waals surface area contributed by atoms with Gasteiger partial charge < -0.3 is 5.32 Å². The number of nitrogens with one attached hydrogen (secondary N) is 1. The van der Waals surface area contributed by atoms with Gasteiger partial charge in [0.2, 0.25) is 5.91 Å². The summed E-state index contributed by atoms with van der Waals surface area (Å²) >= 11 is 2.78. The quantitative estimate of drug-likeness (QED) is 0.710. The maximum Gasteiger partial charge on any atom is 0.254 e. The number of pyridine rings is 1.